The third kappa shape index (κ3) is 7.72. The average molecular weight is 412 g/mol. The fourth-order valence-electron chi connectivity index (χ4n) is 2.17. The summed E-state index contributed by atoms with van der Waals surface area (Å²) in [5.74, 6) is 1.25. The van der Waals surface area contributed by atoms with Crippen LogP contribution in [0.25, 0.3) is 0 Å². The molecule has 7 nitrogen and oxygen atoms in total. The number of oxazole rings is 1. The first kappa shape index (κ1) is 21.4. The first-order valence-electron chi connectivity index (χ1n) is 8.79. The fraction of sp³-hybridized carbons (Fsp3) is 0.556. The molecule has 2 rings (SSSR count). The van der Waals surface area contributed by atoms with Gasteiger partial charge in [-0.25, -0.2) is 9.97 Å². The van der Waals surface area contributed by atoms with Crippen LogP contribution in [0.15, 0.2) is 21.0 Å². The van der Waals surface area contributed by atoms with Gasteiger partial charge in [-0.05, 0) is 12.8 Å². The summed E-state index contributed by atoms with van der Waals surface area (Å²) in [6.07, 6.45) is 4.26. The number of nitrogens with zero attached hydrogens (tertiary/aromatic N) is 2. The molecule has 0 atom stereocenters. The molecule has 0 bridgehead atoms. The Bertz CT molecular complexity index is 765. The number of unbranched alkanes of at least 4 members (excludes halogenated alkanes) is 2. The monoisotopic (exact) mass is 411 g/mol. The SMILES string of the molecule is CC(C)(C)c1ncc(CSc2csc(NC(=O)CCCCCC(=O)O)n2)o1. The minimum Gasteiger partial charge on any atom is -0.481 e. The van der Waals surface area contributed by atoms with Crippen molar-refractivity contribution >= 4 is 40.1 Å². The van der Waals surface area contributed by atoms with E-state index in [4.69, 9.17) is 9.52 Å². The van der Waals surface area contributed by atoms with Gasteiger partial charge in [-0.1, -0.05) is 39.0 Å². The van der Waals surface area contributed by atoms with Crippen LogP contribution in [0.5, 0.6) is 0 Å². The van der Waals surface area contributed by atoms with Gasteiger partial charge in [-0.3, -0.25) is 9.59 Å². The second-order valence-electron chi connectivity index (χ2n) is 7.16. The van der Waals surface area contributed by atoms with Crippen LogP contribution in [0.1, 0.15) is 64.5 Å². The van der Waals surface area contributed by atoms with Crippen molar-refractivity contribution in [3.63, 3.8) is 0 Å². The van der Waals surface area contributed by atoms with E-state index in [1.54, 1.807) is 6.20 Å². The van der Waals surface area contributed by atoms with E-state index in [9.17, 15) is 9.59 Å². The molecule has 1 amide bonds. The second kappa shape index (κ2) is 9.89. The molecule has 27 heavy (non-hydrogen) atoms. The molecule has 2 heterocycles. The first-order valence-corrected chi connectivity index (χ1v) is 10.7. The minimum absolute atomic E-state index is 0.0960. The molecular weight excluding hydrogens is 386 g/mol. The number of hydrogen-bond donors (Lipinski definition) is 2. The zero-order chi connectivity index (χ0) is 19.9. The molecule has 0 radical (unpaired) electrons. The number of nitrogens with one attached hydrogen (secondary N) is 1. The molecular formula is C18H25N3O4S2. The van der Waals surface area contributed by atoms with Gasteiger partial charge >= 0.3 is 5.97 Å². The molecule has 0 saturated carbocycles. The average Bonchev–Trinajstić information content (AvgIpc) is 3.21. The molecule has 148 valence electrons. The van der Waals surface area contributed by atoms with E-state index in [0.29, 0.717) is 36.0 Å². The molecule has 2 N–H and O–H groups in total. The maximum absolute atomic E-state index is 11.9. The van der Waals surface area contributed by atoms with Crippen molar-refractivity contribution in [3.8, 4) is 0 Å². The van der Waals surface area contributed by atoms with Crippen LogP contribution in [0.3, 0.4) is 0 Å². The molecule has 0 aliphatic heterocycles. The van der Waals surface area contributed by atoms with Gasteiger partial charge in [-0.15, -0.1) is 11.3 Å². The highest BCUT2D eigenvalue weighted by Gasteiger charge is 2.20. The van der Waals surface area contributed by atoms with E-state index in [1.807, 2.05) is 5.38 Å². The normalized spacial score (nSPS) is 11.5. The minimum atomic E-state index is -0.799. The predicted octanol–water partition coefficient (Wildman–Crippen LogP) is 4.69. The third-order valence-electron chi connectivity index (χ3n) is 3.58. The van der Waals surface area contributed by atoms with Crippen LogP contribution >= 0.6 is 23.1 Å². The lowest BCUT2D eigenvalue weighted by Crippen LogP contribution is -2.11. The van der Waals surface area contributed by atoms with E-state index in [2.05, 4.69) is 36.1 Å². The molecule has 0 aliphatic carbocycles. The standard InChI is InChI=1S/C18H25N3O4S2/c1-18(2,3)16-19-9-12(25-16)10-26-14-11-27-17(21-14)20-13(22)7-5-4-6-8-15(23)24/h9,11H,4-8,10H2,1-3H3,(H,23,24)(H,20,21,22). The Morgan fingerprint density at radius 1 is 1.26 bits per heavy atom. The molecule has 0 aromatic carbocycles. The zero-order valence-corrected chi connectivity index (χ0v) is 17.4. The van der Waals surface area contributed by atoms with E-state index in [0.717, 1.165) is 17.2 Å². The maximum Gasteiger partial charge on any atom is 0.303 e. The molecule has 0 unspecified atom stereocenters. The van der Waals surface area contributed by atoms with Crippen LogP contribution in [0, 0.1) is 0 Å². The summed E-state index contributed by atoms with van der Waals surface area (Å²) >= 11 is 2.91. The van der Waals surface area contributed by atoms with Crippen LogP contribution in [-0.2, 0) is 20.8 Å². The number of thioether (sulfide) groups is 1. The number of rotatable bonds is 10. The molecule has 0 aliphatic rings. The Kier molecular flexibility index (Phi) is 7.85. The van der Waals surface area contributed by atoms with Gasteiger partial charge in [0.05, 0.1) is 11.9 Å². The maximum atomic E-state index is 11.9. The molecule has 0 spiro atoms. The molecule has 2 aromatic rings. The molecule has 2 aromatic heterocycles. The lowest BCUT2D eigenvalue weighted by atomic mass is 9.97. The van der Waals surface area contributed by atoms with Gasteiger partial charge in [-0.2, -0.15) is 0 Å². The number of carbonyl (C=O) groups excluding carboxylic acids is 1. The number of aromatic nitrogens is 2. The number of thiazole rings is 1. The Balaban J connectivity index is 1.72. The van der Waals surface area contributed by atoms with Crippen molar-refractivity contribution in [1.82, 2.24) is 9.97 Å². The highest BCUT2D eigenvalue weighted by Crippen LogP contribution is 2.29. The molecule has 0 fully saturated rings. The Labute approximate surface area is 167 Å². The number of carbonyl (C=O) groups is 2. The van der Waals surface area contributed by atoms with Gasteiger partial charge in [0.2, 0.25) is 5.91 Å². The van der Waals surface area contributed by atoms with Crippen LogP contribution in [0.4, 0.5) is 5.13 Å². The van der Waals surface area contributed by atoms with Gasteiger partial charge in [0.1, 0.15) is 10.8 Å². The van der Waals surface area contributed by atoms with Crippen LogP contribution in [0.2, 0.25) is 0 Å². The van der Waals surface area contributed by atoms with Crippen LogP contribution < -0.4 is 5.32 Å². The quantitative estimate of drug-likeness (QED) is 0.431. The highest BCUT2D eigenvalue weighted by molar-refractivity contribution is 7.98. The summed E-state index contributed by atoms with van der Waals surface area (Å²) in [5.41, 5.74) is -0.116. The van der Waals surface area contributed by atoms with E-state index in [1.165, 1.54) is 23.1 Å². The number of amides is 1. The summed E-state index contributed by atoms with van der Waals surface area (Å²) in [7, 11) is 0. The number of aliphatic carboxylic acids is 1. The Morgan fingerprint density at radius 2 is 2.00 bits per heavy atom. The summed E-state index contributed by atoms with van der Waals surface area (Å²) < 4.78 is 5.76. The number of carboxylic acid groups (broad SMARTS) is 1. The van der Waals surface area contributed by atoms with Gasteiger partial charge in [0, 0.05) is 23.6 Å². The lowest BCUT2D eigenvalue weighted by molar-refractivity contribution is -0.137. The first-order chi connectivity index (χ1) is 12.7. The van der Waals surface area contributed by atoms with Crippen molar-refractivity contribution in [2.45, 2.75) is 69.1 Å². The predicted molar refractivity (Wildman–Crippen MR) is 106 cm³/mol. The Hall–Kier alpha value is -1.87. The summed E-state index contributed by atoms with van der Waals surface area (Å²) in [6.45, 7) is 6.16. The highest BCUT2D eigenvalue weighted by atomic mass is 32.2. The third-order valence-corrected chi connectivity index (χ3v) is 5.42. The summed E-state index contributed by atoms with van der Waals surface area (Å²) in [4.78, 5) is 31.0. The topological polar surface area (TPSA) is 105 Å². The fourth-order valence-corrected chi connectivity index (χ4v) is 3.81. The smallest absolute Gasteiger partial charge is 0.303 e. The zero-order valence-electron chi connectivity index (χ0n) is 15.8. The molecule has 0 saturated heterocycles. The lowest BCUT2D eigenvalue weighted by Gasteiger charge is -2.12. The van der Waals surface area contributed by atoms with Crippen molar-refractivity contribution in [2.24, 2.45) is 0 Å². The largest absolute Gasteiger partial charge is 0.481 e. The number of hydrogen-bond acceptors (Lipinski definition) is 7. The van der Waals surface area contributed by atoms with E-state index >= 15 is 0 Å². The van der Waals surface area contributed by atoms with Gasteiger partial charge < -0.3 is 14.8 Å². The summed E-state index contributed by atoms with van der Waals surface area (Å²) in [5, 5.41) is 14.7. The van der Waals surface area contributed by atoms with Crippen molar-refractivity contribution in [1.29, 1.82) is 0 Å². The van der Waals surface area contributed by atoms with E-state index < -0.39 is 5.97 Å². The Morgan fingerprint density at radius 3 is 2.67 bits per heavy atom. The number of carboxylic acids is 1. The molecule has 9 heteroatoms. The van der Waals surface area contributed by atoms with Crippen molar-refractivity contribution in [3.05, 3.63) is 23.2 Å². The van der Waals surface area contributed by atoms with Crippen LogP contribution in [-0.4, -0.2) is 27.0 Å². The van der Waals surface area contributed by atoms with E-state index in [-0.39, 0.29) is 17.7 Å². The second-order valence-corrected chi connectivity index (χ2v) is 9.02. The summed E-state index contributed by atoms with van der Waals surface area (Å²) in [6, 6.07) is 0. The van der Waals surface area contributed by atoms with Gasteiger partial charge in [0.15, 0.2) is 11.0 Å². The van der Waals surface area contributed by atoms with Gasteiger partial charge in [0.25, 0.3) is 0 Å². The van der Waals surface area contributed by atoms with Crippen molar-refractivity contribution < 1.29 is 19.1 Å². The number of anilines is 1. The van der Waals surface area contributed by atoms with Crippen molar-refractivity contribution in [2.75, 3.05) is 5.32 Å².